The molecule has 0 rings (SSSR count). The molecule has 0 heterocycles. The van der Waals surface area contributed by atoms with Crippen molar-refractivity contribution in [1.29, 1.82) is 0 Å². The molecule has 0 aromatic carbocycles. The van der Waals surface area contributed by atoms with E-state index >= 15 is 0 Å². The van der Waals surface area contributed by atoms with Crippen molar-refractivity contribution in [3.8, 4) is 0 Å². The lowest BCUT2D eigenvalue weighted by molar-refractivity contribution is 0.233. The second-order valence-corrected chi connectivity index (χ2v) is 3.00. The van der Waals surface area contributed by atoms with E-state index in [0.29, 0.717) is 13.2 Å². The summed E-state index contributed by atoms with van der Waals surface area (Å²) in [7, 11) is 0. The molecule has 0 spiro atoms. The molecular weight excluding hydrogens is 222 g/mol. The van der Waals surface area contributed by atoms with Crippen LogP contribution in [-0.2, 0) is 4.74 Å². The van der Waals surface area contributed by atoms with Gasteiger partial charge in [-0.2, -0.15) is 0 Å². The van der Waals surface area contributed by atoms with E-state index in [2.05, 4.69) is 13.5 Å². The molecule has 0 saturated carbocycles. The summed E-state index contributed by atoms with van der Waals surface area (Å²) in [4.78, 5) is 0. The highest BCUT2D eigenvalue weighted by Crippen LogP contribution is 2.10. The van der Waals surface area contributed by atoms with Gasteiger partial charge in [-0.3, -0.25) is 0 Å². The molecule has 0 unspecified atom stereocenters. The molecule has 0 fully saturated rings. The van der Waals surface area contributed by atoms with E-state index in [1.807, 2.05) is 52.8 Å². The number of rotatable bonds is 7. The smallest absolute Gasteiger partial charge is 0.115 e. The van der Waals surface area contributed by atoms with Gasteiger partial charge in [0.25, 0.3) is 0 Å². The Hall–Kier alpha value is -1.02. The zero-order chi connectivity index (χ0) is 14.8. The van der Waals surface area contributed by atoms with Gasteiger partial charge in [-0.1, -0.05) is 53.7 Å². The maximum Gasteiger partial charge on any atom is 0.115 e. The zero-order valence-electron chi connectivity index (χ0n) is 13.3. The van der Waals surface area contributed by atoms with Crippen LogP contribution in [0.1, 0.15) is 54.4 Å². The van der Waals surface area contributed by atoms with Crippen LogP contribution in [0.5, 0.6) is 0 Å². The molecule has 2 heteroatoms. The highest BCUT2D eigenvalue weighted by atomic mass is 16.5. The van der Waals surface area contributed by atoms with Gasteiger partial charge in [-0.05, 0) is 31.1 Å². The quantitative estimate of drug-likeness (QED) is 0.522. The Morgan fingerprint density at radius 1 is 1.22 bits per heavy atom. The molecule has 18 heavy (non-hydrogen) atoms. The van der Waals surface area contributed by atoms with E-state index in [9.17, 15) is 0 Å². The molecule has 2 N–H and O–H groups in total. The topological polar surface area (TPSA) is 35.2 Å². The van der Waals surface area contributed by atoms with E-state index in [4.69, 9.17) is 10.5 Å². The number of hydrogen-bond donors (Lipinski definition) is 1. The van der Waals surface area contributed by atoms with E-state index in [1.54, 1.807) is 0 Å². The summed E-state index contributed by atoms with van der Waals surface area (Å²) in [6.07, 6.45) is 7.98. The second-order valence-electron chi connectivity index (χ2n) is 3.00. The van der Waals surface area contributed by atoms with Gasteiger partial charge in [0.2, 0.25) is 0 Å². The molecule has 0 saturated heterocycles. The highest BCUT2D eigenvalue weighted by molar-refractivity contribution is 5.25. The average Bonchev–Trinajstić information content (AvgIpc) is 2.46. The van der Waals surface area contributed by atoms with Gasteiger partial charge < -0.3 is 10.5 Å². The van der Waals surface area contributed by atoms with Gasteiger partial charge in [0, 0.05) is 6.54 Å². The van der Waals surface area contributed by atoms with Crippen LogP contribution in [-0.4, -0.2) is 13.2 Å². The van der Waals surface area contributed by atoms with Gasteiger partial charge in [0.05, 0.1) is 0 Å². The van der Waals surface area contributed by atoms with Crippen LogP contribution >= 0.6 is 0 Å². The third-order valence-electron chi connectivity index (χ3n) is 1.80. The van der Waals surface area contributed by atoms with Crippen molar-refractivity contribution in [3.05, 3.63) is 36.1 Å². The fraction of sp³-hybridized carbons (Fsp3) is 0.625. The van der Waals surface area contributed by atoms with Crippen molar-refractivity contribution >= 4 is 0 Å². The molecule has 0 aliphatic rings. The van der Waals surface area contributed by atoms with Gasteiger partial charge in [-0.15, -0.1) is 0 Å². The van der Waals surface area contributed by atoms with E-state index in [1.165, 1.54) is 5.57 Å². The third-order valence-corrected chi connectivity index (χ3v) is 1.80. The molecule has 0 bridgehead atoms. The minimum absolute atomic E-state index is 0.544. The standard InChI is InChI=1S/C12H21NO.2C2H6/c1-4-7-11(5-2)10-12(6-3)14-9-8-13;2*1-2/h5-6,10H,2,4,7-9,13H2,1,3H3;2*1-2H3/b11-10+,12-6+;;. The van der Waals surface area contributed by atoms with Crippen molar-refractivity contribution < 1.29 is 4.74 Å². The summed E-state index contributed by atoms with van der Waals surface area (Å²) >= 11 is 0. The lowest BCUT2D eigenvalue weighted by atomic mass is 10.1. The first-order valence-electron chi connectivity index (χ1n) is 7.10. The average molecular weight is 255 g/mol. The van der Waals surface area contributed by atoms with Gasteiger partial charge in [0.1, 0.15) is 12.4 Å². The van der Waals surface area contributed by atoms with Crippen molar-refractivity contribution in [2.75, 3.05) is 13.2 Å². The van der Waals surface area contributed by atoms with Crippen molar-refractivity contribution in [3.63, 3.8) is 0 Å². The Morgan fingerprint density at radius 3 is 2.11 bits per heavy atom. The summed E-state index contributed by atoms with van der Waals surface area (Å²) in [5, 5.41) is 0. The van der Waals surface area contributed by atoms with Gasteiger partial charge >= 0.3 is 0 Å². The van der Waals surface area contributed by atoms with Crippen molar-refractivity contribution in [1.82, 2.24) is 0 Å². The zero-order valence-corrected chi connectivity index (χ0v) is 13.3. The predicted octanol–water partition coefficient (Wildman–Crippen LogP) is 4.83. The summed E-state index contributed by atoms with van der Waals surface area (Å²) in [5.41, 5.74) is 6.57. The van der Waals surface area contributed by atoms with Crippen LogP contribution in [0, 0.1) is 0 Å². The maximum atomic E-state index is 5.43. The van der Waals surface area contributed by atoms with Crippen LogP contribution in [0.4, 0.5) is 0 Å². The molecule has 2 nitrogen and oxygen atoms in total. The van der Waals surface area contributed by atoms with Crippen LogP contribution in [0.3, 0.4) is 0 Å². The third kappa shape index (κ3) is 15.0. The minimum Gasteiger partial charge on any atom is -0.493 e. The molecule has 0 atom stereocenters. The van der Waals surface area contributed by atoms with Crippen LogP contribution < -0.4 is 5.73 Å². The molecule has 0 aromatic heterocycles. The molecule has 0 aliphatic heterocycles. The van der Waals surface area contributed by atoms with Crippen molar-refractivity contribution in [2.24, 2.45) is 5.73 Å². The summed E-state index contributed by atoms with van der Waals surface area (Å²) in [5.74, 6) is 0.874. The van der Waals surface area contributed by atoms with Crippen molar-refractivity contribution in [2.45, 2.75) is 54.4 Å². The maximum absolute atomic E-state index is 5.43. The Labute approximate surface area is 115 Å². The monoisotopic (exact) mass is 255 g/mol. The van der Waals surface area contributed by atoms with Crippen LogP contribution in [0.25, 0.3) is 0 Å². The molecule has 0 amide bonds. The minimum atomic E-state index is 0.544. The molecule has 0 radical (unpaired) electrons. The van der Waals surface area contributed by atoms with Gasteiger partial charge in [-0.25, -0.2) is 0 Å². The first kappa shape index (κ1) is 22.2. The fourth-order valence-corrected chi connectivity index (χ4v) is 1.09. The molecule has 108 valence electrons. The van der Waals surface area contributed by atoms with Crippen LogP contribution in [0.15, 0.2) is 36.1 Å². The number of nitrogens with two attached hydrogens (primary N) is 1. The summed E-state index contributed by atoms with van der Waals surface area (Å²) in [6.45, 7) is 17.0. The Balaban J connectivity index is -0.000000506. The molecular formula is C16H33NO. The number of hydrogen-bond acceptors (Lipinski definition) is 2. The lowest BCUT2D eigenvalue weighted by Gasteiger charge is -2.06. The Morgan fingerprint density at radius 2 is 1.78 bits per heavy atom. The Bertz CT molecular complexity index is 217. The Kier molecular flexibility index (Phi) is 26.2. The number of allylic oxidation sites excluding steroid dienone is 4. The summed E-state index contributed by atoms with van der Waals surface area (Å²) < 4.78 is 5.43. The van der Waals surface area contributed by atoms with E-state index in [-0.39, 0.29) is 0 Å². The first-order chi connectivity index (χ1) is 8.78. The molecule has 0 aliphatic carbocycles. The first-order valence-corrected chi connectivity index (χ1v) is 7.10. The largest absolute Gasteiger partial charge is 0.493 e. The van der Waals surface area contributed by atoms with E-state index in [0.717, 1.165) is 18.6 Å². The number of ether oxygens (including phenoxy) is 1. The highest BCUT2D eigenvalue weighted by Gasteiger charge is 1.95. The fourth-order valence-electron chi connectivity index (χ4n) is 1.09. The van der Waals surface area contributed by atoms with Crippen LogP contribution in [0.2, 0.25) is 0 Å². The SMILES string of the molecule is C=C/C(=C\C(=C/C)OCCN)CCC.CC.CC. The summed E-state index contributed by atoms with van der Waals surface area (Å²) in [6, 6.07) is 0. The predicted molar refractivity (Wildman–Crippen MR) is 84.6 cm³/mol. The molecule has 0 aromatic rings. The second kappa shape index (κ2) is 21.3. The van der Waals surface area contributed by atoms with E-state index < -0.39 is 0 Å². The normalized spacial score (nSPS) is 10.6. The van der Waals surface area contributed by atoms with Gasteiger partial charge in [0.15, 0.2) is 0 Å². The lowest BCUT2D eigenvalue weighted by Crippen LogP contribution is -2.07.